The first-order chi connectivity index (χ1) is 7.90. The van der Waals surface area contributed by atoms with E-state index >= 15 is 0 Å². The van der Waals surface area contributed by atoms with Gasteiger partial charge in [-0.3, -0.25) is 4.79 Å². The minimum absolute atomic E-state index is 0.0179. The van der Waals surface area contributed by atoms with Crippen molar-refractivity contribution in [1.29, 1.82) is 0 Å². The second-order valence-corrected chi connectivity index (χ2v) is 3.03. The number of Topliss-reactive ketones (excluding diaryl/α,β-unsaturated/α-hetero) is 1. The monoisotopic (exact) mass is 246 g/mol. The second-order valence-electron chi connectivity index (χ2n) is 3.03. The van der Waals surface area contributed by atoms with Crippen LogP contribution in [0.5, 0.6) is 5.75 Å². The maximum atomic E-state index is 12.2. The van der Waals surface area contributed by atoms with E-state index in [0.717, 1.165) is 0 Å². The molecular formula is C10H9F3N2O2. The minimum atomic E-state index is -5.00. The standard InChI is InChI=1S/C10H9F3N2O2/c1-17-7-4-2-6(3-5-7)8(15-14)9(16)10(11,12)13/h2-5H,14H2,1H3/b15-8+. The Bertz CT molecular complexity index is 438. The molecule has 0 saturated heterocycles. The van der Waals surface area contributed by atoms with Crippen LogP contribution in [0.25, 0.3) is 0 Å². The molecule has 1 aromatic rings. The van der Waals surface area contributed by atoms with Gasteiger partial charge in [0.05, 0.1) is 7.11 Å². The van der Waals surface area contributed by atoms with Crippen molar-refractivity contribution in [3.05, 3.63) is 29.8 Å². The Hall–Kier alpha value is -2.05. The third-order valence-corrected chi connectivity index (χ3v) is 1.97. The lowest BCUT2D eigenvalue weighted by Gasteiger charge is -2.08. The SMILES string of the molecule is COc1ccc(/C(=N\N)C(=O)C(F)(F)F)cc1. The van der Waals surface area contributed by atoms with Gasteiger partial charge in [-0.05, 0) is 24.3 Å². The van der Waals surface area contributed by atoms with Gasteiger partial charge in [0, 0.05) is 5.56 Å². The van der Waals surface area contributed by atoms with Crippen molar-refractivity contribution in [2.24, 2.45) is 10.9 Å². The minimum Gasteiger partial charge on any atom is -0.497 e. The van der Waals surface area contributed by atoms with E-state index in [1.165, 1.54) is 31.4 Å². The number of nitrogens with zero attached hydrogens (tertiary/aromatic N) is 1. The van der Waals surface area contributed by atoms with Crippen LogP contribution in [0.4, 0.5) is 13.2 Å². The number of hydrazone groups is 1. The number of benzene rings is 1. The quantitative estimate of drug-likeness (QED) is 0.499. The molecule has 0 aliphatic carbocycles. The van der Waals surface area contributed by atoms with Crippen molar-refractivity contribution in [3.63, 3.8) is 0 Å². The number of carbonyl (C=O) groups excluding carboxylic acids is 1. The van der Waals surface area contributed by atoms with E-state index in [2.05, 4.69) is 5.10 Å². The summed E-state index contributed by atoms with van der Waals surface area (Å²) in [6.45, 7) is 0. The number of ketones is 1. The molecule has 0 aliphatic heterocycles. The van der Waals surface area contributed by atoms with Gasteiger partial charge in [-0.25, -0.2) is 0 Å². The van der Waals surface area contributed by atoms with Crippen LogP contribution in [0.15, 0.2) is 29.4 Å². The van der Waals surface area contributed by atoms with Gasteiger partial charge in [-0.2, -0.15) is 18.3 Å². The first kappa shape index (κ1) is 13.0. The van der Waals surface area contributed by atoms with E-state index in [-0.39, 0.29) is 5.56 Å². The predicted molar refractivity (Wildman–Crippen MR) is 54.8 cm³/mol. The van der Waals surface area contributed by atoms with Crippen LogP contribution < -0.4 is 10.6 Å². The number of alkyl halides is 3. The van der Waals surface area contributed by atoms with Crippen molar-refractivity contribution in [3.8, 4) is 5.75 Å². The molecule has 1 rings (SSSR count). The van der Waals surface area contributed by atoms with E-state index in [9.17, 15) is 18.0 Å². The fourth-order valence-electron chi connectivity index (χ4n) is 1.15. The second kappa shape index (κ2) is 4.86. The Balaban J connectivity index is 3.07. The van der Waals surface area contributed by atoms with E-state index < -0.39 is 17.7 Å². The molecule has 4 nitrogen and oxygen atoms in total. The lowest BCUT2D eigenvalue weighted by Crippen LogP contribution is -2.32. The van der Waals surface area contributed by atoms with Crippen molar-refractivity contribution >= 4 is 11.5 Å². The maximum Gasteiger partial charge on any atom is 0.456 e. The molecule has 1 aromatic carbocycles. The Morgan fingerprint density at radius 3 is 2.18 bits per heavy atom. The van der Waals surface area contributed by atoms with Gasteiger partial charge in [0.1, 0.15) is 11.5 Å². The molecule has 17 heavy (non-hydrogen) atoms. The van der Waals surface area contributed by atoms with Crippen molar-refractivity contribution < 1.29 is 22.7 Å². The molecular weight excluding hydrogens is 237 g/mol. The summed E-state index contributed by atoms with van der Waals surface area (Å²) in [5, 5.41) is 2.89. The number of carbonyl (C=O) groups is 1. The van der Waals surface area contributed by atoms with Crippen LogP contribution in [0, 0.1) is 0 Å². The highest BCUT2D eigenvalue weighted by molar-refractivity contribution is 6.47. The van der Waals surface area contributed by atoms with Gasteiger partial charge in [0.25, 0.3) is 5.78 Å². The number of hydrogen-bond acceptors (Lipinski definition) is 4. The molecule has 0 fully saturated rings. The highest BCUT2D eigenvalue weighted by Gasteiger charge is 2.42. The molecule has 0 aliphatic rings. The number of methoxy groups -OCH3 is 1. The van der Waals surface area contributed by atoms with Crippen LogP contribution in [0.3, 0.4) is 0 Å². The Kier molecular flexibility index (Phi) is 3.72. The first-order valence-electron chi connectivity index (χ1n) is 4.44. The van der Waals surface area contributed by atoms with Crippen LogP contribution in [-0.4, -0.2) is 24.8 Å². The summed E-state index contributed by atoms with van der Waals surface area (Å²) >= 11 is 0. The molecule has 0 aromatic heterocycles. The molecule has 7 heteroatoms. The number of nitrogens with two attached hydrogens (primary N) is 1. The van der Waals surface area contributed by atoms with Gasteiger partial charge in [-0.15, -0.1) is 0 Å². The molecule has 0 heterocycles. The summed E-state index contributed by atoms with van der Waals surface area (Å²) in [4.78, 5) is 11.0. The summed E-state index contributed by atoms with van der Waals surface area (Å²) < 4.78 is 41.5. The Morgan fingerprint density at radius 1 is 1.29 bits per heavy atom. The van der Waals surface area contributed by atoms with E-state index in [1.807, 2.05) is 0 Å². The van der Waals surface area contributed by atoms with Gasteiger partial charge < -0.3 is 10.6 Å². The van der Waals surface area contributed by atoms with E-state index in [1.54, 1.807) is 0 Å². The molecule has 0 bridgehead atoms. The average Bonchev–Trinajstić information content (AvgIpc) is 2.29. The number of ether oxygens (including phenoxy) is 1. The van der Waals surface area contributed by atoms with Gasteiger partial charge in [-0.1, -0.05) is 0 Å². The highest BCUT2D eigenvalue weighted by atomic mass is 19.4. The van der Waals surface area contributed by atoms with Crippen LogP contribution in [0.2, 0.25) is 0 Å². The summed E-state index contributed by atoms with van der Waals surface area (Å²) in [7, 11) is 1.41. The van der Waals surface area contributed by atoms with E-state index in [0.29, 0.717) is 5.75 Å². The lowest BCUT2D eigenvalue weighted by atomic mass is 10.1. The average molecular weight is 246 g/mol. The molecule has 0 saturated carbocycles. The van der Waals surface area contributed by atoms with Gasteiger partial charge in [0.2, 0.25) is 0 Å². The lowest BCUT2D eigenvalue weighted by molar-refractivity contribution is -0.163. The molecule has 0 spiro atoms. The molecule has 92 valence electrons. The summed E-state index contributed by atoms with van der Waals surface area (Å²) in [6, 6.07) is 5.36. The van der Waals surface area contributed by atoms with Crippen molar-refractivity contribution in [2.45, 2.75) is 6.18 Å². The molecule has 2 N–H and O–H groups in total. The predicted octanol–water partition coefficient (Wildman–Crippen LogP) is 1.49. The van der Waals surface area contributed by atoms with Crippen molar-refractivity contribution in [2.75, 3.05) is 7.11 Å². The zero-order valence-corrected chi connectivity index (χ0v) is 8.78. The number of halogens is 3. The van der Waals surface area contributed by atoms with Crippen molar-refractivity contribution in [1.82, 2.24) is 0 Å². The molecule has 0 unspecified atom stereocenters. The fraction of sp³-hybridized carbons (Fsp3) is 0.200. The third kappa shape index (κ3) is 2.96. The van der Waals surface area contributed by atoms with Gasteiger partial charge >= 0.3 is 6.18 Å². The van der Waals surface area contributed by atoms with E-state index in [4.69, 9.17) is 10.6 Å². The summed E-state index contributed by atoms with van der Waals surface area (Å²) in [5.41, 5.74) is -0.851. The molecule has 0 atom stereocenters. The summed E-state index contributed by atoms with van der Waals surface area (Å²) in [6.07, 6.45) is -5.00. The third-order valence-electron chi connectivity index (χ3n) is 1.97. The highest BCUT2D eigenvalue weighted by Crippen LogP contribution is 2.20. The fourth-order valence-corrected chi connectivity index (χ4v) is 1.15. The summed E-state index contributed by atoms with van der Waals surface area (Å²) in [5.74, 6) is 3.18. The largest absolute Gasteiger partial charge is 0.497 e. The Morgan fingerprint density at radius 2 is 1.82 bits per heavy atom. The number of rotatable bonds is 3. The zero-order chi connectivity index (χ0) is 13.1. The normalized spacial score (nSPS) is 12.4. The number of hydrogen-bond donors (Lipinski definition) is 1. The Labute approximate surface area is 94.9 Å². The van der Waals surface area contributed by atoms with Gasteiger partial charge in [0.15, 0.2) is 0 Å². The first-order valence-corrected chi connectivity index (χ1v) is 4.44. The zero-order valence-electron chi connectivity index (χ0n) is 8.78. The maximum absolute atomic E-state index is 12.2. The molecule has 0 amide bonds. The van der Waals surface area contributed by atoms with Crippen LogP contribution in [0.1, 0.15) is 5.56 Å². The topological polar surface area (TPSA) is 64.7 Å². The van der Waals surface area contributed by atoms with Crippen LogP contribution >= 0.6 is 0 Å². The molecule has 0 radical (unpaired) electrons. The van der Waals surface area contributed by atoms with Crippen LogP contribution in [-0.2, 0) is 4.79 Å². The smallest absolute Gasteiger partial charge is 0.456 e.